The molecule has 0 aliphatic carbocycles. The Morgan fingerprint density at radius 2 is 1.85 bits per heavy atom. The monoisotopic (exact) mass is 419 g/mol. The van der Waals surface area contributed by atoms with Gasteiger partial charge in [-0.25, -0.2) is 14.4 Å². The van der Waals surface area contributed by atoms with Crippen molar-refractivity contribution in [3.8, 4) is 0 Å². The first-order valence-electron chi connectivity index (χ1n) is 6.99. The number of hydrazine groups is 1. The first-order chi connectivity index (χ1) is 12.7. The van der Waals surface area contributed by atoms with E-state index in [0.29, 0.717) is 6.42 Å². The highest BCUT2D eigenvalue weighted by molar-refractivity contribution is 7.07. The van der Waals surface area contributed by atoms with Crippen LogP contribution in [-0.4, -0.2) is 55.1 Å². The van der Waals surface area contributed by atoms with Crippen LogP contribution >= 0.6 is 22.9 Å². The fourth-order valence-electron chi connectivity index (χ4n) is 1.95. The number of imide groups is 1. The standard InChI is InChI=1S/C13H11ClFN5O6S/c14-10-17-8(16-3-1-6-2-4-27-5-6)7(15)9(18-10)19(11(21)22)20(12(23)24)13(25)26/h2,4-5H,1,3H2,(H,21,22)(H,23,24)(H,25,26)(H,16,17,18). The molecule has 0 aliphatic rings. The summed E-state index contributed by atoms with van der Waals surface area (Å²) < 4.78 is 14.7. The molecule has 0 spiro atoms. The van der Waals surface area contributed by atoms with Crippen LogP contribution in [0.5, 0.6) is 0 Å². The lowest BCUT2D eigenvalue weighted by molar-refractivity contribution is 0.112. The van der Waals surface area contributed by atoms with Crippen LogP contribution in [0, 0.1) is 5.82 Å². The molecule has 0 aromatic carbocycles. The zero-order valence-corrected chi connectivity index (χ0v) is 14.7. The van der Waals surface area contributed by atoms with E-state index in [-0.39, 0.29) is 6.54 Å². The molecule has 2 aromatic rings. The predicted molar refractivity (Wildman–Crippen MR) is 91.9 cm³/mol. The lowest BCUT2D eigenvalue weighted by atomic mass is 10.2. The Hall–Kier alpha value is -3.19. The Bertz CT molecular complexity index is 853. The van der Waals surface area contributed by atoms with Crippen molar-refractivity contribution in [3.05, 3.63) is 33.5 Å². The summed E-state index contributed by atoms with van der Waals surface area (Å²) in [5.74, 6) is -3.06. The molecule has 0 unspecified atom stereocenters. The molecule has 0 fully saturated rings. The van der Waals surface area contributed by atoms with Gasteiger partial charge in [0.15, 0.2) is 5.82 Å². The average Bonchev–Trinajstić information content (AvgIpc) is 3.07. The maximum Gasteiger partial charge on any atom is 0.437 e. The molecule has 3 amide bonds. The third-order valence-electron chi connectivity index (χ3n) is 3.04. The second-order valence-corrected chi connectivity index (χ2v) is 5.88. The van der Waals surface area contributed by atoms with Crippen molar-refractivity contribution in [2.24, 2.45) is 0 Å². The Labute approximate surface area is 159 Å². The van der Waals surface area contributed by atoms with E-state index in [4.69, 9.17) is 21.8 Å². The van der Waals surface area contributed by atoms with Crippen molar-refractivity contribution >= 4 is 52.9 Å². The number of nitrogens with one attached hydrogen (secondary N) is 1. The van der Waals surface area contributed by atoms with Gasteiger partial charge in [0.2, 0.25) is 16.9 Å². The minimum atomic E-state index is -2.19. The highest BCUT2D eigenvalue weighted by Gasteiger charge is 2.37. The number of nitrogens with zero attached hydrogens (tertiary/aromatic N) is 4. The molecular weight excluding hydrogens is 409 g/mol. The Morgan fingerprint density at radius 1 is 1.19 bits per heavy atom. The molecule has 11 nitrogen and oxygen atoms in total. The highest BCUT2D eigenvalue weighted by atomic mass is 35.5. The van der Waals surface area contributed by atoms with Crippen LogP contribution in [0.4, 0.5) is 30.4 Å². The molecule has 27 heavy (non-hydrogen) atoms. The Balaban J connectivity index is 2.36. The summed E-state index contributed by atoms with van der Waals surface area (Å²) in [6.07, 6.45) is -6.01. The molecule has 2 heterocycles. The maximum atomic E-state index is 14.7. The van der Waals surface area contributed by atoms with Crippen LogP contribution in [0.25, 0.3) is 0 Å². The summed E-state index contributed by atoms with van der Waals surface area (Å²) in [4.78, 5) is 40.4. The minimum absolute atomic E-state index is 0.190. The molecule has 0 bridgehead atoms. The van der Waals surface area contributed by atoms with E-state index in [1.54, 1.807) is 0 Å². The third-order valence-corrected chi connectivity index (χ3v) is 3.94. The minimum Gasteiger partial charge on any atom is -0.463 e. The van der Waals surface area contributed by atoms with E-state index in [1.807, 2.05) is 16.8 Å². The van der Waals surface area contributed by atoms with Crippen molar-refractivity contribution in [2.75, 3.05) is 16.9 Å². The third kappa shape index (κ3) is 4.71. The van der Waals surface area contributed by atoms with Gasteiger partial charge < -0.3 is 20.6 Å². The largest absolute Gasteiger partial charge is 0.463 e. The van der Waals surface area contributed by atoms with Crippen molar-refractivity contribution in [1.82, 2.24) is 15.0 Å². The van der Waals surface area contributed by atoms with Gasteiger partial charge >= 0.3 is 18.3 Å². The number of aromatic nitrogens is 2. The van der Waals surface area contributed by atoms with Crippen LogP contribution in [0.2, 0.25) is 5.28 Å². The summed E-state index contributed by atoms with van der Waals surface area (Å²) in [6.45, 7) is 0.190. The van der Waals surface area contributed by atoms with Crippen LogP contribution < -0.4 is 10.3 Å². The van der Waals surface area contributed by atoms with Crippen molar-refractivity contribution < 1.29 is 34.1 Å². The normalized spacial score (nSPS) is 10.3. The van der Waals surface area contributed by atoms with Crippen molar-refractivity contribution in [1.29, 1.82) is 0 Å². The van der Waals surface area contributed by atoms with Crippen molar-refractivity contribution in [3.63, 3.8) is 0 Å². The first-order valence-corrected chi connectivity index (χ1v) is 8.31. The molecule has 0 atom stereocenters. The van der Waals surface area contributed by atoms with Crippen LogP contribution in [0.3, 0.4) is 0 Å². The van der Waals surface area contributed by atoms with E-state index in [9.17, 15) is 23.9 Å². The lowest BCUT2D eigenvalue weighted by Gasteiger charge is -2.25. The number of amides is 3. The fourth-order valence-corrected chi connectivity index (χ4v) is 2.82. The molecule has 4 N–H and O–H groups in total. The smallest absolute Gasteiger partial charge is 0.437 e. The van der Waals surface area contributed by atoms with Gasteiger partial charge in [0.25, 0.3) is 0 Å². The number of anilines is 2. The summed E-state index contributed by atoms with van der Waals surface area (Å²) in [7, 11) is 0. The topological polar surface area (TPSA) is 156 Å². The predicted octanol–water partition coefficient (Wildman–Crippen LogP) is 3.04. The SMILES string of the molecule is O=C(O)N(C(=O)O)N(C(=O)O)c1nc(Cl)nc(NCCc2ccsc2)c1F. The Morgan fingerprint density at radius 3 is 2.37 bits per heavy atom. The van der Waals surface area contributed by atoms with Gasteiger partial charge in [0, 0.05) is 6.54 Å². The number of hydrogen-bond donors (Lipinski definition) is 4. The van der Waals surface area contributed by atoms with Gasteiger partial charge in [-0.05, 0) is 40.4 Å². The maximum absolute atomic E-state index is 14.7. The molecule has 2 aromatic heterocycles. The number of carbonyl (C=O) groups is 3. The summed E-state index contributed by atoms with van der Waals surface area (Å²) in [5, 5.41) is 31.7. The number of hydrogen-bond acceptors (Lipinski definition) is 7. The van der Waals surface area contributed by atoms with Gasteiger partial charge in [0.1, 0.15) is 0 Å². The molecule has 0 saturated carbocycles. The lowest BCUT2D eigenvalue weighted by Crippen LogP contribution is -2.52. The van der Waals surface area contributed by atoms with E-state index in [1.165, 1.54) is 11.3 Å². The number of halogens is 2. The zero-order valence-electron chi connectivity index (χ0n) is 13.2. The second-order valence-electron chi connectivity index (χ2n) is 4.76. The van der Waals surface area contributed by atoms with Gasteiger partial charge in [-0.3, -0.25) is 0 Å². The highest BCUT2D eigenvalue weighted by Crippen LogP contribution is 2.26. The molecule has 14 heteroatoms. The van der Waals surface area contributed by atoms with Crippen LogP contribution in [-0.2, 0) is 6.42 Å². The molecule has 0 saturated heterocycles. The van der Waals surface area contributed by atoms with E-state index < -0.39 is 51.0 Å². The number of carboxylic acid groups (broad SMARTS) is 3. The summed E-state index contributed by atoms with van der Waals surface area (Å²) >= 11 is 7.13. The number of rotatable bonds is 5. The Kier molecular flexibility index (Phi) is 6.31. The summed E-state index contributed by atoms with van der Waals surface area (Å²) in [5.41, 5.74) is 0.961. The van der Waals surface area contributed by atoms with Gasteiger partial charge in [-0.15, -0.1) is 10.0 Å². The van der Waals surface area contributed by atoms with Gasteiger partial charge in [-0.1, -0.05) is 0 Å². The zero-order chi connectivity index (χ0) is 20.1. The van der Waals surface area contributed by atoms with E-state index in [0.717, 1.165) is 5.56 Å². The molecular formula is C13H11ClFN5O6S. The van der Waals surface area contributed by atoms with Gasteiger partial charge in [0.05, 0.1) is 0 Å². The summed E-state index contributed by atoms with van der Waals surface area (Å²) in [6, 6.07) is 1.85. The van der Waals surface area contributed by atoms with Gasteiger partial charge in [-0.2, -0.15) is 25.7 Å². The van der Waals surface area contributed by atoms with Crippen LogP contribution in [0.15, 0.2) is 16.8 Å². The molecule has 144 valence electrons. The van der Waals surface area contributed by atoms with Crippen LogP contribution in [0.1, 0.15) is 5.56 Å². The molecule has 0 aliphatic heterocycles. The van der Waals surface area contributed by atoms with Crippen molar-refractivity contribution in [2.45, 2.75) is 6.42 Å². The number of thiophene rings is 1. The second kappa shape index (κ2) is 8.46. The fraction of sp³-hybridized carbons (Fsp3) is 0.154. The molecule has 2 rings (SSSR count). The first kappa shape index (κ1) is 20.1. The quantitative estimate of drug-likeness (QED) is 0.422. The van der Waals surface area contributed by atoms with E-state index in [2.05, 4.69) is 15.3 Å². The van der Waals surface area contributed by atoms with E-state index >= 15 is 0 Å². The average molecular weight is 420 g/mol. The molecule has 0 radical (unpaired) electrons.